The molecule has 0 atom stereocenters. The highest BCUT2D eigenvalue weighted by atomic mass is 79.9. The summed E-state index contributed by atoms with van der Waals surface area (Å²) in [6, 6.07) is 3.70. The molecule has 0 saturated heterocycles. The fraction of sp³-hybridized carbons (Fsp3) is 0.214. The Hall–Kier alpha value is -2.19. The number of amides is 1. The summed E-state index contributed by atoms with van der Waals surface area (Å²) in [5.74, 6) is 0.809. The molecule has 0 aliphatic heterocycles. The van der Waals surface area contributed by atoms with Gasteiger partial charge >= 0.3 is 0 Å². The predicted molar refractivity (Wildman–Crippen MR) is 85.2 cm³/mol. The number of nitrogens with one attached hydrogen (secondary N) is 1. The van der Waals surface area contributed by atoms with Crippen molar-refractivity contribution in [1.29, 1.82) is 0 Å². The first kappa shape index (κ1) is 14.7. The number of halogens is 1. The monoisotopic (exact) mass is 363 g/mol. The molecule has 3 aromatic rings. The maximum absolute atomic E-state index is 11.8. The lowest BCUT2D eigenvalue weighted by molar-refractivity contribution is 0.100. The zero-order valence-corrected chi connectivity index (χ0v) is 13.6. The molecule has 3 N–H and O–H groups in total. The quantitative estimate of drug-likeness (QED) is 0.739. The summed E-state index contributed by atoms with van der Waals surface area (Å²) in [5, 5.41) is 7.24. The molecule has 3 heterocycles. The molecule has 0 fully saturated rings. The van der Waals surface area contributed by atoms with Crippen molar-refractivity contribution < 1.29 is 9.21 Å². The molecule has 0 bridgehead atoms. The smallest absolute Gasteiger partial charge is 0.250 e. The maximum Gasteiger partial charge on any atom is 0.250 e. The fourth-order valence-corrected chi connectivity index (χ4v) is 2.94. The molecular formula is C14H14BrN5O2. The number of carbonyl (C=O) groups is 1. The lowest BCUT2D eigenvalue weighted by atomic mass is 10.1. The van der Waals surface area contributed by atoms with Gasteiger partial charge in [0.25, 0.3) is 5.91 Å². The SMILES string of the molecule is CN(C)Cc1ccc(-c2nc3[nH]ncc3c(C(N)=O)c2Br)o1. The zero-order valence-electron chi connectivity index (χ0n) is 12.1. The Kier molecular flexibility index (Phi) is 3.71. The molecule has 0 unspecified atom stereocenters. The summed E-state index contributed by atoms with van der Waals surface area (Å²) in [6.07, 6.45) is 1.52. The van der Waals surface area contributed by atoms with Gasteiger partial charge in [0.1, 0.15) is 11.5 Å². The van der Waals surface area contributed by atoms with Gasteiger partial charge in [-0.1, -0.05) is 0 Å². The van der Waals surface area contributed by atoms with Crippen LogP contribution in [0.1, 0.15) is 16.1 Å². The third-order valence-corrected chi connectivity index (χ3v) is 3.93. The normalized spacial score (nSPS) is 11.5. The first-order valence-corrected chi connectivity index (χ1v) is 7.33. The van der Waals surface area contributed by atoms with Gasteiger partial charge in [-0.05, 0) is 42.2 Å². The van der Waals surface area contributed by atoms with Crippen LogP contribution in [0.5, 0.6) is 0 Å². The molecule has 0 aromatic carbocycles. The van der Waals surface area contributed by atoms with Crippen LogP contribution in [-0.4, -0.2) is 40.1 Å². The molecule has 22 heavy (non-hydrogen) atoms. The Balaban J connectivity index is 2.16. The van der Waals surface area contributed by atoms with E-state index < -0.39 is 5.91 Å². The second kappa shape index (κ2) is 5.54. The number of aromatic amines is 1. The van der Waals surface area contributed by atoms with Crippen LogP contribution in [-0.2, 0) is 6.54 Å². The lowest BCUT2D eigenvalue weighted by Crippen LogP contribution is -2.13. The van der Waals surface area contributed by atoms with Crippen molar-refractivity contribution in [3.05, 3.63) is 34.1 Å². The highest BCUT2D eigenvalue weighted by Crippen LogP contribution is 2.34. The molecule has 1 amide bonds. The van der Waals surface area contributed by atoms with E-state index in [1.165, 1.54) is 6.20 Å². The van der Waals surface area contributed by atoms with Gasteiger partial charge < -0.3 is 15.1 Å². The third kappa shape index (κ3) is 2.51. The minimum atomic E-state index is -0.554. The van der Waals surface area contributed by atoms with Crippen LogP contribution < -0.4 is 5.73 Å². The van der Waals surface area contributed by atoms with E-state index in [1.807, 2.05) is 31.1 Å². The van der Waals surface area contributed by atoms with Gasteiger partial charge in [-0.15, -0.1) is 0 Å². The molecule has 7 nitrogen and oxygen atoms in total. The largest absolute Gasteiger partial charge is 0.458 e. The summed E-state index contributed by atoms with van der Waals surface area (Å²) in [7, 11) is 3.91. The number of pyridine rings is 1. The Labute approximate surface area is 134 Å². The predicted octanol–water partition coefficient (Wildman–Crippen LogP) is 2.14. The summed E-state index contributed by atoms with van der Waals surface area (Å²) in [4.78, 5) is 18.2. The van der Waals surface area contributed by atoms with Crippen molar-refractivity contribution in [3.63, 3.8) is 0 Å². The van der Waals surface area contributed by atoms with Gasteiger partial charge in [-0.25, -0.2) is 4.98 Å². The highest BCUT2D eigenvalue weighted by Gasteiger charge is 2.21. The Morgan fingerprint density at radius 2 is 2.23 bits per heavy atom. The van der Waals surface area contributed by atoms with Crippen molar-refractivity contribution in [2.75, 3.05) is 14.1 Å². The number of hydrogen-bond acceptors (Lipinski definition) is 5. The van der Waals surface area contributed by atoms with Gasteiger partial charge in [-0.2, -0.15) is 5.10 Å². The molecule has 0 aliphatic rings. The maximum atomic E-state index is 11.8. The van der Waals surface area contributed by atoms with E-state index in [0.29, 0.717) is 39.1 Å². The highest BCUT2D eigenvalue weighted by molar-refractivity contribution is 9.10. The second-order valence-corrected chi connectivity index (χ2v) is 5.94. The van der Waals surface area contributed by atoms with E-state index in [1.54, 1.807) is 0 Å². The van der Waals surface area contributed by atoms with Crippen LogP contribution in [0.4, 0.5) is 0 Å². The molecule has 8 heteroatoms. The molecular weight excluding hydrogens is 350 g/mol. The van der Waals surface area contributed by atoms with E-state index in [2.05, 4.69) is 31.1 Å². The standard InChI is InChI=1S/C14H14BrN5O2/c1-20(2)6-7-3-4-9(22-7)12-11(15)10(13(16)21)8-5-17-19-14(8)18-12/h3-5H,6H2,1-2H3,(H2,16,21)(H,17,18,19). The van der Waals surface area contributed by atoms with Gasteiger partial charge in [-0.3, -0.25) is 9.89 Å². The van der Waals surface area contributed by atoms with E-state index >= 15 is 0 Å². The Morgan fingerprint density at radius 3 is 2.91 bits per heavy atom. The summed E-state index contributed by atoms with van der Waals surface area (Å²) in [6.45, 7) is 0.673. The number of primary amides is 1. The number of fused-ring (bicyclic) bond motifs is 1. The number of nitrogens with zero attached hydrogens (tertiary/aromatic N) is 3. The van der Waals surface area contributed by atoms with Crippen LogP contribution >= 0.6 is 15.9 Å². The van der Waals surface area contributed by atoms with Crippen LogP contribution in [0, 0.1) is 0 Å². The van der Waals surface area contributed by atoms with E-state index in [0.717, 1.165) is 5.76 Å². The van der Waals surface area contributed by atoms with Crippen molar-refractivity contribution in [2.24, 2.45) is 5.73 Å². The molecule has 3 rings (SSSR count). The number of carbonyl (C=O) groups excluding carboxylic acids is 1. The Bertz CT molecular complexity index is 852. The fourth-order valence-electron chi connectivity index (χ4n) is 2.25. The number of furan rings is 1. The van der Waals surface area contributed by atoms with Crippen LogP contribution in [0.2, 0.25) is 0 Å². The average Bonchev–Trinajstić information content (AvgIpc) is 3.05. The van der Waals surface area contributed by atoms with Crippen LogP contribution in [0.15, 0.2) is 27.2 Å². The van der Waals surface area contributed by atoms with Gasteiger partial charge in [0.15, 0.2) is 11.4 Å². The number of aromatic nitrogens is 3. The van der Waals surface area contributed by atoms with E-state index in [-0.39, 0.29) is 0 Å². The van der Waals surface area contributed by atoms with Gasteiger partial charge in [0, 0.05) is 0 Å². The summed E-state index contributed by atoms with van der Waals surface area (Å²) >= 11 is 3.41. The molecule has 0 radical (unpaired) electrons. The number of rotatable bonds is 4. The summed E-state index contributed by atoms with van der Waals surface area (Å²) in [5.41, 5.74) is 6.81. The molecule has 114 valence electrons. The second-order valence-electron chi connectivity index (χ2n) is 5.15. The minimum absolute atomic E-state index is 0.333. The van der Waals surface area contributed by atoms with Crippen LogP contribution in [0.3, 0.4) is 0 Å². The first-order valence-electron chi connectivity index (χ1n) is 6.53. The minimum Gasteiger partial charge on any atom is -0.458 e. The zero-order chi connectivity index (χ0) is 15.9. The molecule has 0 spiro atoms. The topological polar surface area (TPSA) is 101 Å². The lowest BCUT2D eigenvalue weighted by Gasteiger charge is -2.07. The number of hydrogen-bond donors (Lipinski definition) is 2. The van der Waals surface area contributed by atoms with E-state index in [4.69, 9.17) is 10.2 Å². The molecule has 0 saturated carbocycles. The van der Waals surface area contributed by atoms with Crippen molar-refractivity contribution in [1.82, 2.24) is 20.1 Å². The summed E-state index contributed by atoms with van der Waals surface area (Å²) < 4.78 is 6.30. The first-order chi connectivity index (χ1) is 10.5. The van der Waals surface area contributed by atoms with Crippen molar-refractivity contribution >= 4 is 32.9 Å². The third-order valence-electron chi connectivity index (χ3n) is 3.15. The van der Waals surface area contributed by atoms with Gasteiger partial charge in [0.2, 0.25) is 0 Å². The van der Waals surface area contributed by atoms with E-state index in [9.17, 15) is 4.79 Å². The number of nitrogens with two attached hydrogens (primary N) is 1. The van der Waals surface area contributed by atoms with Crippen molar-refractivity contribution in [2.45, 2.75) is 6.54 Å². The molecule has 0 aliphatic carbocycles. The molecule has 3 aromatic heterocycles. The van der Waals surface area contributed by atoms with Crippen molar-refractivity contribution in [3.8, 4) is 11.5 Å². The van der Waals surface area contributed by atoms with Crippen LogP contribution in [0.25, 0.3) is 22.5 Å². The Morgan fingerprint density at radius 1 is 1.45 bits per heavy atom. The number of H-pyrrole nitrogens is 1. The van der Waals surface area contributed by atoms with Gasteiger partial charge in [0.05, 0.1) is 28.2 Å². The average molecular weight is 364 g/mol.